The molecule has 1 aliphatic rings. The summed E-state index contributed by atoms with van der Waals surface area (Å²) in [5.74, 6) is 0.823. The second-order valence-corrected chi connectivity index (χ2v) is 10.9. The summed E-state index contributed by atoms with van der Waals surface area (Å²) in [4.78, 5) is 30.0. The van der Waals surface area contributed by atoms with Crippen molar-refractivity contribution in [2.75, 3.05) is 7.11 Å². The molecule has 0 radical (unpaired) electrons. The van der Waals surface area contributed by atoms with Gasteiger partial charge in [-0.2, -0.15) is 0 Å². The van der Waals surface area contributed by atoms with Gasteiger partial charge in [0.25, 0.3) is 0 Å². The molecule has 0 saturated heterocycles. The molecule has 1 aliphatic carbocycles. The van der Waals surface area contributed by atoms with Crippen LogP contribution < -0.4 is 4.74 Å². The first-order valence-corrected chi connectivity index (χ1v) is 13.9. The van der Waals surface area contributed by atoms with Crippen LogP contribution in [0.5, 0.6) is 5.75 Å². The standard InChI is InChI=1S/C34H26F2N4O3/c1-19-16-27(42-2)24(25(41)18-34(10-11-34)33-39-12-3-13-40-33)17-23(19)22-8-9-26-28(30(22)36)29(32-37-14-15-38-32)31(43-26)20-4-6-21(35)7-5-20/h3-9,12-17H,10-11,18H2,1-2H3,(H,37,38). The molecule has 0 spiro atoms. The van der Waals surface area contributed by atoms with E-state index in [0.717, 1.165) is 18.4 Å². The number of aryl methyl sites for hydroxylation is 1. The molecule has 0 atom stereocenters. The Kier molecular flexibility index (Phi) is 6.38. The molecular formula is C34H26F2N4O3. The number of halogens is 2. The van der Waals surface area contributed by atoms with E-state index in [4.69, 9.17) is 9.15 Å². The Hall–Kier alpha value is -5.18. The molecule has 1 fully saturated rings. The van der Waals surface area contributed by atoms with Crippen LogP contribution in [0.3, 0.4) is 0 Å². The molecule has 1 saturated carbocycles. The maximum absolute atomic E-state index is 16.7. The van der Waals surface area contributed by atoms with E-state index >= 15 is 4.39 Å². The summed E-state index contributed by atoms with van der Waals surface area (Å²) in [5.41, 5.74) is 2.88. The number of ketones is 1. The molecule has 214 valence electrons. The van der Waals surface area contributed by atoms with Crippen LogP contribution in [0.1, 0.15) is 41.0 Å². The van der Waals surface area contributed by atoms with E-state index in [1.54, 1.807) is 67.3 Å². The van der Waals surface area contributed by atoms with Crippen LogP contribution in [0.15, 0.2) is 83.8 Å². The predicted octanol–water partition coefficient (Wildman–Crippen LogP) is 7.85. The van der Waals surface area contributed by atoms with Gasteiger partial charge in [-0.25, -0.2) is 23.7 Å². The van der Waals surface area contributed by atoms with E-state index in [9.17, 15) is 9.18 Å². The van der Waals surface area contributed by atoms with Gasteiger partial charge < -0.3 is 14.1 Å². The Bertz CT molecular complexity index is 1980. The number of carbonyl (C=O) groups excluding carboxylic acids is 1. The summed E-state index contributed by atoms with van der Waals surface area (Å²) in [7, 11) is 1.52. The topological polar surface area (TPSA) is 93.9 Å². The summed E-state index contributed by atoms with van der Waals surface area (Å²) in [6, 6.07) is 14.4. The molecule has 0 bridgehead atoms. The minimum Gasteiger partial charge on any atom is -0.496 e. The zero-order valence-electron chi connectivity index (χ0n) is 23.4. The minimum atomic E-state index is -0.524. The zero-order valence-corrected chi connectivity index (χ0v) is 23.4. The highest BCUT2D eigenvalue weighted by atomic mass is 19.1. The molecule has 43 heavy (non-hydrogen) atoms. The average molecular weight is 577 g/mol. The highest BCUT2D eigenvalue weighted by Gasteiger charge is 2.48. The van der Waals surface area contributed by atoms with Crippen LogP contribution >= 0.6 is 0 Å². The van der Waals surface area contributed by atoms with Crippen molar-refractivity contribution in [2.45, 2.75) is 31.6 Å². The molecule has 6 aromatic rings. The van der Waals surface area contributed by atoms with Crippen LogP contribution in [-0.2, 0) is 5.41 Å². The normalized spacial score (nSPS) is 13.8. The number of nitrogens with zero attached hydrogens (tertiary/aromatic N) is 3. The number of furan rings is 1. The number of H-pyrrole nitrogens is 1. The van der Waals surface area contributed by atoms with E-state index in [1.807, 2.05) is 6.92 Å². The average Bonchev–Trinajstić information content (AvgIpc) is 3.41. The fourth-order valence-electron chi connectivity index (χ4n) is 5.76. The Labute approximate surface area is 245 Å². The molecule has 3 aromatic carbocycles. The van der Waals surface area contributed by atoms with Gasteiger partial charge in [-0.05, 0) is 85.5 Å². The molecule has 3 heterocycles. The van der Waals surface area contributed by atoms with Crippen molar-refractivity contribution in [3.63, 3.8) is 0 Å². The number of carbonyl (C=O) groups is 1. The lowest BCUT2D eigenvalue weighted by atomic mass is 9.90. The van der Waals surface area contributed by atoms with Crippen LogP contribution in [-0.4, -0.2) is 32.8 Å². The largest absolute Gasteiger partial charge is 0.496 e. The lowest BCUT2D eigenvalue weighted by Crippen LogP contribution is -2.17. The van der Waals surface area contributed by atoms with Gasteiger partial charge in [-0.1, -0.05) is 0 Å². The van der Waals surface area contributed by atoms with Crippen molar-refractivity contribution < 1.29 is 22.7 Å². The first kappa shape index (κ1) is 26.7. The highest BCUT2D eigenvalue weighted by molar-refractivity contribution is 6.04. The molecule has 0 aliphatic heterocycles. The third kappa shape index (κ3) is 4.57. The van der Waals surface area contributed by atoms with Gasteiger partial charge >= 0.3 is 0 Å². The molecule has 1 N–H and O–H groups in total. The number of aromatic nitrogens is 4. The van der Waals surface area contributed by atoms with Gasteiger partial charge in [-0.15, -0.1) is 0 Å². The molecule has 9 heteroatoms. The number of fused-ring (bicyclic) bond motifs is 1. The van der Waals surface area contributed by atoms with Gasteiger partial charge in [0, 0.05) is 47.8 Å². The molecule has 3 aromatic heterocycles. The lowest BCUT2D eigenvalue weighted by molar-refractivity contribution is 0.0965. The van der Waals surface area contributed by atoms with Gasteiger partial charge in [0.1, 0.15) is 40.4 Å². The van der Waals surface area contributed by atoms with E-state index in [-0.39, 0.29) is 17.6 Å². The van der Waals surface area contributed by atoms with Crippen molar-refractivity contribution in [3.8, 4) is 39.6 Å². The smallest absolute Gasteiger partial charge is 0.167 e. The van der Waals surface area contributed by atoms with Gasteiger partial charge in [0.15, 0.2) is 5.78 Å². The summed E-state index contributed by atoms with van der Waals surface area (Å²) in [5, 5.41) is 0.230. The van der Waals surface area contributed by atoms with Crippen LogP contribution in [0.4, 0.5) is 8.78 Å². The number of aromatic amines is 1. The lowest BCUT2D eigenvalue weighted by Gasteiger charge is -2.17. The number of hydrogen-bond acceptors (Lipinski definition) is 6. The van der Waals surface area contributed by atoms with Crippen LogP contribution in [0.2, 0.25) is 0 Å². The number of hydrogen-bond donors (Lipinski definition) is 1. The SMILES string of the molecule is COc1cc(C)c(-c2ccc3oc(-c4ccc(F)cc4)c(-c4ncc[nH]4)c3c2F)cc1C(=O)CC1(c2ncccn2)CC1. The van der Waals surface area contributed by atoms with E-state index in [2.05, 4.69) is 19.9 Å². The zero-order chi connectivity index (χ0) is 29.7. The maximum Gasteiger partial charge on any atom is 0.167 e. The number of rotatable bonds is 8. The first-order chi connectivity index (χ1) is 20.9. The third-order valence-electron chi connectivity index (χ3n) is 8.16. The number of imidazole rings is 1. The number of Topliss-reactive ketones (excluding diaryl/α,β-unsaturated/α-hetero) is 1. The van der Waals surface area contributed by atoms with Crippen molar-refractivity contribution in [2.24, 2.45) is 0 Å². The summed E-state index contributed by atoms with van der Waals surface area (Å²) < 4.78 is 42.2. The molecule has 0 amide bonds. The second kappa shape index (κ2) is 10.3. The van der Waals surface area contributed by atoms with Crippen molar-refractivity contribution >= 4 is 16.8 Å². The van der Waals surface area contributed by atoms with Gasteiger partial charge in [0.2, 0.25) is 0 Å². The van der Waals surface area contributed by atoms with Crippen molar-refractivity contribution in [1.82, 2.24) is 19.9 Å². The van der Waals surface area contributed by atoms with E-state index < -0.39 is 17.0 Å². The molecule has 7 nitrogen and oxygen atoms in total. The summed E-state index contributed by atoms with van der Waals surface area (Å²) in [6.07, 6.45) is 8.45. The number of methoxy groups -OCH3 is 1. The predicted molar refractivity (Wildman–Crippen MR) is 158 cm³/mol. The fourth-order valence-corrected chi connectivity index (χ4v) is 5.76. The molecular weight excluding hydrogens is 550 g/mol. The number of ether oxygens (including phenoxy) is 1. The van der Waals surface area contributed by atoms with E-state index in [1.165, 1.54) is 19.2 Å². The summed E-state index contributed by atoms with van der Waals surface area (Å²) in [6.45, 7) is 1.85. The number of benzene rings is 3. The molecule has 7 rings (SSSR count). The van der Waals surface area contributed by atoms with Crippen LogP contribution in [0.25, 0.3) is 44.8 Å². The third-order valence-corrected chi connectivity index (χ3v) is 8.16. The first-order valence-electron chi connectivity index (χ1n) is 13.9. The Morgan fingerprint density at radius 3 is 2.44 bits per heavy atom. The Morgan fingerprint density at radius 1 is 1.00 bits per heavy atom. The second-order valence-electron chi connectivity index (χ2n) is 10.9. The summed E-state index contributed by atoms with van der Waals surface area (Å²) >= 11 is 0. The van der Waals surface area contributed by atoms with Crippen LogP contribution in [0, 0.1) is 18.6 Å². The highest BCUT2D eigenvalue weighted by Crippen LogP contribution is 2.51. The van der Waals surface area contributed by atoms with E-state index in [0.29, 0.717) is 56.6 Å². The quantitative estimate of drug-likeness (QED) is 0.186. The monoisotopic (exact) mass is 576 g/mol. The minimum absolute atomic E-state index is 0.122. The van der Waals surface area contributed by atoms with Crippen molar-refractivity contribution in [3.05, 3.63) is 108 Å². The number of nitrogens with one attached hydrogen (secondary N) is 1. The Balaban J connectivity index is 1.36. The maximum atomic E-state index is 16.7. The van der Waals surface area contributed by atoms with Gasteiger partial charge in [-0.3, -0.25) is 4.79 Å². The van der Waals surface area contributed by atoms with Gasteiger partial charge in [0.05, 0.1) is 23.6 Å². The molecule has 0 unspecified atom stereocenters. The Morgan fingerprint density at radius 2 is 1.77 bits per heavy atom. The fraction of sp³-hybridized carbons (Fsp3) is 0.176. The van der Waals surface area contributed by atoms with Crippen molar-refractivity contribution in [1.29, 1.82) is 0 Å².